The first-order chi connectivity index (χ1) is 17.4. The van der Waals surface area contributed by atoms with Crippen molar-refractivity contribution < 1.29 is 18.4 Å². The van der Waals surface area contributed by atoms with Gasteiger partial charge >= 0.3 is 0 Å². The van der Waals surface area contributed by atoms with Gasteiger partial charge < -0.3 is 10.2 Å². The summed E-state index contributed by atoms with van der Waals surface area (Å²) in [6, 6.07) is 12.1. The minimum Gasteiger partial charge on any atom is -0.347 e. The second-order valence-corrected chi connectivity index (χ2v) is 9.77. The van der Waals surface area contributed by atoms with Gasteiger partial charge in [0, 0.05) is 24.9 Å². The average Bonchev–Trinajstić information content (AvgIpc) is 3.35. The van der Waals surface area contributed by atoms with E-state index in [0.29, 0.717) is 18.0 Å². The molecule has 3 rings (SSSR count). The van der Waals surface area contributed by atoms with Gasteiger partial charge in [0.2, 0.25) is 5.91 Å². The van der Waals surface area contributed by atoms with Gasteiger partial charge in [-0.15, -0.1) is 11.3 Å². The fourth-order valence-electron chi connectivity index (χ4n) is 3.78. The molecule has 0 saturated heterocycles. The minimum absolute atomic E-state index is 0.0207. The van der Waals surface area contributed by atoms with E-state index in [4.69, 9.17) is 0 Å². The van der Waals surface area contributed by atoms with Crippen molar-refractivity contribution >= 4 is 23.2 Å². The zero-order chi connectivity index (χ0) is 25.8. The zero-order valence-corrected chi connectivity index (χ0v) is 21.5. The van der Waals surface area contributed by atoms with Crippen molar-refractivity contribution in [3.63, 3.8) is 0 Å². The largest absolute Gasteiger partial charge is 0.347 e. The maximum absolute atomic E-state index is 13.3. The van der Waals surface area contributed by atoms with Crippen LogP contribution in [-0.4, -0.2) is 21.7 Å². The van der Waals surface area contributed by atoms with E-state index in [9.17, 15) is 18.4 Å². The molecule has 0 radical (unpaired) electrons. The lowest BCUT2D eigenvalue weighted by Gasteiger charge is -2.22. The Labute approximate surface area is 215 Å². The van der Waals surface area contributed by atoms with Crippen LogP contribution in [0.3, 0.4) is 0 Å². The molecule has 5 nitrogen and oxygen atoms in total. The number of unbranched alkanes of at least 4 members (excludes halogenated alkanes) is 5. The van der Waals surface area contributed by atoms with E-state index < -0.39 is 0 Å². The number of nitrogens with zero attached hydrogens (tertiary/aromatic N) is 2. The number of aromatic nitrogens is 1. The Hall–Kier alpha value is -3.13. The summed E-state index contributed by atoms with van der Waals surface area (Å²) in [4.78, 5) is 31.7. The molecule has 0 aliphatic carbocycles. The van der Waals surface area contributed by atoms with Crippen LogP contribution in [0.2, 0.25) is 0 Å². The molecule has 3 aromatic rings. The maximum Gasteiger partial charge on any atom is 0.271 e. The number of rotatable bonds is 14. The molecule has 1 N–H and O–H groups in total. The fraction of sp³-hybridized carbons (Fsp3) is 0.393. The van der Waals surface area contributed by atoms with E-state index in [2.05, 4.69) is 17.2 Å². The Balaban J connectivity index is 1.59. The van der Waals surface area contributed by atoms with Crippen LogP contribution in [0.5, 0.6) is 0 Å². The van der Waals surface area contributed by atoms with Gasteiger partial charge in [0.15, 0.2) is 0 Å². The molecule has 2 amide bonds. The highest BCUT2D eigenvalue weighted by atomic mass is 32.1. The summed E-state index contributed by atoms with van der Waals surface area (Å²) >= 11 is 1.32. The normalized spacial score (nSPS) is 10.9. The van der Waals surface area contributed by atoms with Crippen LogP contribution in [0.4, 0.5) is 8.78 Å². The third-order valence-electron chi connectivity index (χ3n) is 5.86. The van der Waals surface area contributed by atoms with E-state index in [1.54, 1.807) is 34.5 Å². The van der Waals surface area contributed by atoms with Crippen molar-refractivity contribution in [2.24, 2.45) is 0 Å². The number of benzene rings is 2. The number of carbonyl (C=O) groups excluding carboxylic acids is 2. The number of thiazole rings is 1. The van der Waals surface area contributed by atoms with Gasteiger partial charge in [0.05, 0.1) is 6.54 Å². The highest BCUT2D eigenvalue weighted by molar-refractivity contribution is 7.09. The topological polar surface area (TPSA) is 62.3 Å². The van der Waals surface area contributed by atoms with E-state index in [0.717, 1.165) is 30.4 Å². The maximum atomic E-state index is 13.3. The number of hydrogen-bond donors (Lipinski definition) is 1. The quantitative estimate of drug-likeness (QED) is 0.246. The highest BCUT2D eigenvalue weighted by Crippen LogP contribution is 2.18. The SMILES string of the molecule is CCCCCCCCC(=O)N(Cc1ccc(F)cc1)Cc1nc(C(=O)NCc2ccc(F)cc2)cs1. The van der Waals surface area contributed by atoms with Crippen LogP contribution < -0.4 is 5.32 Å². The molecule has 0 atom stereocenters. The summed E-state index contributed by atoms with van der Waals surface area (Å²) in [5.74, 6) is -0.956. The average molecular weight is 514 g/mol. The second-order valence-electron chi connectivity index (χ2n) is 8.83. The molecular formula is C28H33F2N3O2S. The third kappa shape index (κ3) is 9.15. The summed E-state index contributed by atoms with van der Waals surface area (Å²) in [5, 5.41) is 5.11. The van der Waals surface area contributed by atoms with Crippen LogP contribution >= 0.6 is 11.3 Å². The van der Waals surface area contributed by atoms with Gasteiger partial charge in [-0.3, -0.25) is 9.59 Å². The van der Waals surface area contributed by atoms with Gasteiger partial charge in [0.1, 0.15) is 22.3 Å². The number of halogens is 2. The minimum atomic E-state index is -0.328. The number of nitrogens with one attached hydrogen (secondary N) is 1. The fourth-order valence-corrected chi connectivity index (χ4v) is 4.57. The first-order valence-electron chi connectivity index (χ1n) is 12.4. The number of amides is 2. The van der Waals surface area contributed by atoms with E-state index in [-0.39, 0.29) is 42.2 Å². The van der Waals surface area contributed by atoms with Crippen molar-refractivity contribution in [1.29, 1.82) is 0 Å². The molecule has 1 aromatic heterocycles. The van der Waals surface area contributed by atoms with Gasteiger partial charge in [0.25, 0.3) is 5.91 Å². The van der Waals surface area contributed by atoms with Crippen LogP contribution in [-0.2, 0) is 24.4 Å². The van der Waals surface area contributed by atoms with Crippen LogP contribution in [0.15, 0.2) is 53.9 Å². The third-order valence-corrected chi connectivity index (χ3v) is 6.69. The monoisotopic (exact) mass is 513 g/mol. The molecule has 0 unspecified atom stereocenters. The molecule has 0 bridgehead atoms. The van der Waals surface area contributed by atoms with Gasteiger partial charge in [-0.2, -0.15) is 0 Å². The Morgan fingerprint density at radius 2 is 1.47 bits per heavy atom. The zero-order valence-electron chi connectivity index (χ0n) is 20.6. The van der Waals surface area contributed by atoms with Gasteiger partial charge in [-0.1, -0.05) is 63.3 Å². The Kier molecular flexibility index (Phi) is 11.0. The Morgan fingerprint density at radius 3 is 2.14 bits per heavy atom. The lowest BCUT2D eigenvalue weighted by Crippen LogP contribution is -2.30. The molecule has 0 spiro atoms. The van der Waals surface area contributed by atoms with Crippen molar-refractivity contribution in [1.82, 2.24) is 15.2 Å². The van der Waals surface area contributed by atoms with Crippen LogP contribution in [0, 0.1) is 11.6 Å². The summed E-state index contributed by atoms with van der Waals surface area (Å²) in [5.41, 5.74) is 1.90. The van der Waals surface area contributed by atoms with Crippen molar-refractivity contribution in [2.45, 2.75) is 71.5 Å². The lowest BCUT2D eigenvalue weighted by molar-refractivity contribution is -0.132. The smallest absolute Gasteiger partial charge is 0.271 e. The number of carbonyl (C=O) groups is 2. The van der Waals surface area contributed by atoms with Crippen molar-refractivity contribution in [2.75, 3.05) is 0 Å². The molecule has 2 aromatic carbocycles. The molecule has 0 aliphatic rings. The van der Waals surface area contributed by atoms with Crippen molar-refractivity contribution in [3.8, 4) is 0 Å². The molecule has 0 saturated carbocycles. The first kappa shape index (κ1) is 27.5. The summed E-state index contributed by atoms with van der Waals surface area (Å²) in [7, 11) is 0. The Bertz CT molecular complexity index is 1100. The van der Waals surface area contributed by atoms with Crippen LogP contribution in [0.25, 0.3) is 0 Å². The summed E-state index contributed by atoms with van der Waals surface area (Å²) < 4.78 is 26.4. The summed E-state index contributed by atoms with van der Waals surface area (Å²) in [6.45, 7) is 3.07. The lowest BCUT2D eigenvalue weighted by atomic mass is 10.1. The predicted molar refractivity (Wildman–Crippen MR) is 138 cm³/mol. The molecular weight excluding hydrogens is 480 g/mol. The van der Waals surface area contributed by atoms with Gasteiger partial charge in [-0.25, -0.2) is 13.8 Å². The second kappa shape index (κ2) is 14.4. The van der Waals surface area contributed by atoms with Crippen LogP contribution in [0.1, 0.15) is 78.5 Å². The molecule has 0 fully saturated rings. The predicted octanol–water partition coefficient (Wildman–Crippen LogP) is 6.63. The summed E-state index contributed by atoms with van der Waals surface area (Å²) in [6.07, 6.45) is 7.02. The molecule has 192 valence electrons. The van der Waals surface area contributed by atoms with E-state index in [1.165, 1.54) is 54.9 Å². The number of hydrogen-bond acceptors (Lipinski definition) is 4. The van der Waals surface area contributed by atoms with E-state index in [1.807, 2.05) is 0 Å². The standard InChI is InChI=1S/C28H33F2N3O2S/c1-2-3-4-5-6-7-8-27(34)33(18-22-11-15-24(30)16-12-22)19-26-32-25(20-36-26)28(35)31-17-21-9-13-23(29)14-10-21/h9-16,20H,2-8,17-19H2,1H3,(H,31,35). The van der Waals surface area contributed by atoms with Gasteiger partial charge in [-0.05, 0) is 41.8 Å². The highest BCUT2D eigenvalue weighted by Gasteiger charge is 2.18. The first-order valence-corrected chi connectivity index (χ1v) is 13.3. The van der Waals surface area contributed by atoms with Crippen molar-refractivity contribution in [3.05, 3.63) is 87.4 Å². The van der Waals surface area contributed by atoms with E-state index >= 15 is 0 Å². The molecule has 1 heterocycles. The Morgan fingerprint density at radius 1 is 0.861 bits per heavy atom. The molecule has 36 heavy (non-hydrogen) atoms. The molecule has 0 aliphatic heterocycles. The molecule has 8 heteroatoms.